The summed E-state index contributed by atoms with van der Waals surface area (Å²) in [6, 6.07) is 10.4. The van der Waals surface area contributed by atoms with Crippen molar-refractivity contribution in [1.82, 2.24) is 4.90 Å². The molecule has 0 spiro atoms. The average Bonchev–Trinajstić information content (AvgIpc) is 2.36. The molecule has 0 unspecified atom stereocenters. The summed E-state index contributed by atoms with van der Waals surface area (Å²) in [6.45, 7) is 4.13. The molecule has 1 aliphatic heterocycles. The van der Waals surface area contributed by atoms with Crippen molar-refractivity contribution in [3.05, 3.63) is 30.3 Å². The van der Waals surface area contributed by atoms with E-state index >= 15 is 0 Å². The Kier molecular flexibility index (Phi) is 4.83. The van der Waals surface area contributed by atoms with E-state index in [0.29, 0.717) is 6.04 Å². The van der Waals surface area contributed by atoms with E-state index in [-0.39, 0.29) is 0 Å². The first kappa shape index (κ1) is 12.4. The van der Waals surface area contributed by atoms with Crippen LogP contribution in [0.2, 0.25) is 0 Å². The van der Waals surface area contributed by atoms with Gasteiger partial charge in [-0.05, 0) is 37.9 Å². The predicted octanol–water partition coefficient (Wildman–Crippen LogP) is 1.88. The Morgan fingerprint density at radius 2 is 2.12 bits per heavy atom. The van der Waals surface area contributed by atoms with Crippen LogP contribution in [-0.4, -0.2) is 37.2 Å². The van der Waals surface area contributed by atoms with Gasteiger partial charge in [-0.15, -0.1) is 0 Å². The zero-order valence-corrected chi connectivity index (χ0v) is 10.3. The maximum atomic E-state index is 5.95. The largest absolute Gasteiger partial charge is 0.494 e. The summed E-state index contributed by atoms with van der Waals surface area (Å²) in [4.78, 5) is 2.45. The van der Waals surface area contributed by atoms with Gasteiger partial charge in [0.15, 0.2) is 0 Å². The number of likely N-dealkylation sites (tertiary alicyclic amines) is 1. The number of rotatable bonds is 5. The Morgan fingerprint density at radius 1 is 1.29 bits per heavy atom. The fraction of sp³-hybridized carbons (Fsp3) is 0.571. The SMILES string of the molecule is N[C@H]1CCCN(CCCOc2ccccc2)C1. The molecule has 94 valence electrons. The van der Waals surface area contributed by atoms with E-state index in [9.17, 15) is 0 Å². The van der Waals surface area contributed by atoms with Crippen LogP contribution in [-0.2, 0) is 0 Å². The van der Waals surface area contributed by atoms with Gasteiger partial charge < -0.3 is 15.4 Å². The van der Waals surface area contributed by atoms with Crippen LogP contribution in [0.5, 0.6) is 5.75 Å². The average molecular weight is 234 g/mol. The molecule has 3 nitrogen and oxygen atoms in total. The number of hydrogen-bond donors (Lipinski definition) is 1. The van der Waals surface area contributed by atoms with Crippen molar-refractivity contribution in [2.24, 2.45) is 5.73 Å². The highest BCUT2D eigenvalue weighted by atomic mass is 16.5. The number of benzene rings is 1. The molecule has 1 atom stereocenters. The smallest absolute Gasteiger partial charge is 0.119 e. The first-order valence-corrected chi connectivity index (χ1v) is 6.50. The Hall–Kier alpha value is -1.06. The van der Waals surface area contributed by atoms with Crippen LogP contribution in [0.1, 0.15) is 19.3 Å². The summed E-state index contributed by atoms with van der Waals surface area (Å²) in [5, 5.41) is 0. The van der Waals surface area contributed by atoms with Crippen molar-refractivity contribution in [3.63, 3.8) is 0 Å². The number of nitrogens with two attached hydrogens (primary N) is 1. The topological polar surface area (TPSA) is 38.5 Å². The van der Waals surface area contributed by atoms with Gasteiger partial charge in [0, 0.05) is 19.1 Å². The lowest BCUT2D eigenvalue weighted by Gasteiger charge is -2.30. The summed E-state index contributed by atoms with van der Waals surface area (Å²) in [6.07, 6.45) is 3.49. The van der Waals surface area contributed by atoms with Gasteiger partial charge in [0.25, 0.3) is 0 Å². The lowest BCUT2D eigenvalue weighted by Crippen LogP contribution is -2.43. The van der Waals surface area contributed by atoms with Crippen molar-refractivity contribution in [2.45, 2.75) is 25.3 Å². The van der Waals surface area contributed by atoms with Gasteiger partial charge in [0.2, 0.25) is 0 Å². The minimum atomic E-state index is 0.374. The molecular weight excluding hydrogens is 212 g/mol. The number of nitrogens with zero attached hydrogens (tertiary/aromatic N) is 1. The van der Waals surface area contributed by atoms with E-state index in [1.807, 2.05) is 30.3 Å². The van der Waals surface area contributed by atoms with Gasteiger partial charge >= 0.3 is 0 Å². The van der Waals surface area contributed by atoms with Crippen LogP contribution in [0.15, 0.2) is 30.3 Å². The highest BCUT2D eigenvalue weighted by molar-refractivity contribution is 5.20. The summed E-state index contributed by atoms with van der Waals surface area (Å²) in [7, 11) is 0. The normalized spacial score (nSPS) is 21.4. The number of ether oxygens (including phenoxy) is 1. The third kappa shape index (κ3) is 4.36. The molecule has 1 heterocycles. The fourth-order valence-electron chi connectivity index (χ4n) is 2.29. The molecule has 1 aromatic carbocycles. The zero-order chi connectivity index (χ0) is 11.9. The lowest BCUT2D eigenvalue weighted by molar-refractivity contribution is 0.190. The lowest BCUT2D eigenvalue weighted by atomic mass is 10.1. The molecule has 1 aromatic rings. The summed E-state index contributed by atoms with van der Waals surface area (Å²) < 4.78 is 5.67. The molecule has 0 bridgehead atoms. The molecule has 0 saturated carbocycles. The first-order chi connectivity index (χ1) is 8.34. The Morgan fingerprint density at radius 3 is 2.88 bits per heavy atom. The van der Waals surface area contributed by atoms with Crippen molar-refractivity contribution in [3.8, 4) is 5.75 Å². The standard InChI is InChI=1S/C14H22N2O/c15-13-6-4-9-16(12-13)10-5-11-17-14-7-2-1-3-8-14/h1-3,7-8,13H,4-6,9-12,15H2/t13-/m0/s1. The molecule has 0 radical (unpaired) electrons. The minimum absolute atomic E-state index is 0.374. The molecule has 17 heavy (non-hydrogen) atoms. The minimum Gasteiger partial charge on any atom is -0.494 e. The molecule has 0 aromatic heterocycles. The van der Waals surface area contributed by atoms with Gasteiger partial charge in [-0.25, -0.2) is 0 Å². The van der Waals surface area contributed by atoms with Crippen LogP contribution in [0, 0.1) is 0 Å². The highest BCUT2D eigenvalue weighted by Gasteiger charge is 2.15. The molecule has 3 heteroatoms. The number of piperidine rings is 1. The fourth-order valence-corrected chi connectivity index (χ4v) is 2.29. The molecular formula is C14H22N2O. The van der Waals surface area contributed by atoms with Gasteiger partial charge in [0.05, 0.1) is 6.61 Å². The van der Waals surface area contributed by atoms with Crippen molar-refractivity contribution in [2.75, 3.05) is 26.2 Å². The van der Waals surface area contributed by atoms with Crippen molar-refractivity contribution in [1.29, 1.82) is 0 Å². The van der Waals surface area contributed by atoms with Gasteiger partial charge in [-0.1, -0.05) is 18.2 Å². The third-order valence-corrected chi connectivity index (χ3v) is 3.17. The highest BCUT2D eigenvalue weighted by Crippen LogP contribution is 2.10. The Bertz CT molecular complexity index is 315. The second-order valence-corrected chi connectivity index (χ2v) is 4.72. The van der Waals surface area contributed by atoms with E-state index in [2.05, 4.69) is 4.90 Å². The third-order valence-electron chi connectivity index (χ3n) is 3.17. The Balaban J connectivity index is 1.60. The maximum Gasteiger partial charge on any atom is 0.119 e. The maximum absolute atomic E-state index is 5.95. The summed E-state index contributed by atoms with van der Waals surface area (Å²) in [5.74, 6) is 0.961. The quantitative estimate of drug-likeness (QED) is 0.791. The van der Waals surface area contributed by atoms with E-state index < -0.39 is 0 Å². The van der Waals surface area contributed by atoms with E-state index in [0.717, 1.165) is 31.9 Å². The van der Waals surface area contributed by atoms with Crippen molar-refractivity contribution >= 4 is 0 Å². The summed E-state index contributed by atoms with van der Waals surface area (Å²) in [5.41, 5.74) is 5.95. The van der Waals surface area contributed by atoms with Gasteiger partial charge in [-0.3, -0.25) is 0 Å². The van der Waals surface area contributed by atoms with Crippen LogP contribution in [0.3, 0.4) is 0 Å². The van der Waals surface area contributed by atoms with Crippen LogP contribution >= 0.6 is 0 Å². The number of hydrogen-bond acceptors (Lipinski definition) is 3. The van der Waals surface area contributed by atoms with E-state index in [1.54, 1.807) is 0 Å². The second kappa shape index (κ2) is 6.62. The monoisotopic (exact) mass is 234 g/mol. The molecule has 2 rings (SSSR count). The molecule has 0 amide bonds. The van der Waals surface area contributed by atoms with Crippen LogP contribution < -0.4 is 10.5 Å². The Labute approximate surface area is 104 Å². The van der Waals surface area contributed by atoms with Crippen LogP contribution in [0.4, 0.5) is 0 Å². The van der Waals surface area contributed by atoms with Gasteiger partial charge in [0.1, 0.15) is 5.75 Å². The molecule has 1 aliphatic rings. The molecule has 2 N–H and O–H groups in total. The summed E-state index contributed by atoms with van der Waals surface area (Å²) >= 11 is 0. The molecule has 0 aliphatic carbocycles. The molecule has 1 saturated heterocycles. The first-order valence-electron chi connectivity index (χ1n) is 6.50. The zero-order valence-electron chi connectivity index (χ0n) is 10.3. The van der Waals surface area contributed by atoms with Crippen molar-refractivity contribution < 1.29 is 4.74 Å². The van der Waals surface area contributed by atoms with E-state index in [4.69, 9.17) is 10.5 Å². The van der Waals surface area contributed by atoms with Gasteiger partial charge in [-0.2, -0.15) is 0 Å². The second-order valence-electron chi connectivity index (χ2n) is 4.72. The van der Waals surface area contributed by atoms with Crippen LogP contribution in [0.25, 0.3) is 0 Å². The predicted molar refractivity (Wildman–Crippen MR) is 70.2 cm³/mol. The van der Waals surface area contributed by atoms with E-state index in [1.165, 1.54) is 19.4 Å². The molecule has 1 fully saturated rings. The number of para-hydroxylation sites is 1.